The minimum Gasteiger partial charge on any atom is -0.497 e. The summed E-state index contributed by atoms with van der Waals surface area (Å²) in [5, 5.41) is 13.1. The number of ether oxygens (including phenoxy) is 2. The lowest BCUT2D eigenvalue weighted by molar-refractivity contribution is 0.102. The van der Waals surface area contributed by atoms with Crippen molar-refractivity contribution in [1.82, 2.24) is 0 Å². The Bertz CT molecular complexity index is 851. The van der Waals surface area contributed by atoms with E-state index in [0.29, 0.717) is 33.5 Å². The highest BCUT2D eigenvalue weighted by molar-refractivity contribution is 7.16. The van der Waals surface area contributed by atoms with Gasteiger partial charge in [0.1, 0.15) is 22.6 Å². The number of benzene rings is 1. The summed E-state index contributed by atoms with van der Waals surface area (Å²) in [5.41, 5.74) is 2.11. The van der Waals surface area contributed by atoms with Crippen molar-refractivity contribution >= 4 is 22.2 Å². The van der Waals surface area contributed by atoms with E-state index in [9.17, 15) is 10.1 Å². The molecule has 1 aliphatic rings. The number of amides is 1. The lowest BCUT2D eigenvalue weighted by atomic mass is 9.88. The van der Waals surface area contributed by atoms with E-state index < -0.39 is 0 Å². The topological polar surface area (TPSA) is 71.3 Å². The molecule has 0 spiro atoms. The average molecular weight is 356 g/mol. The van der Waals surface area contributed by atoms with Crippen LogP contribution in [0, 0.1) is 17.2 Å². The van der Waals surface area contributed by atoms with Crippen molar-refractivity contribution in [3.8, 4) is 17.6 Å². The fourth-order valence-corrected chi connectivity index (χ4v) is 4.47. The third-order valence-corrected chi connectivity index (χ3v) is 5.67. The zero-order chi connectivity index (χ0) is 18.0. The first kappa shape index (κ1) is 17.3. The smallest absolute Gasteiger partial charge is 0.260 e. The first-order chi connectivity index (χ1) is 12.1. The van der Waals surface area contributed by atoms with E-state index in [0.717, 1.165) is 24.8 Å². The van der Waals surface area contributed by atoms with Crippen LogP contribution in [-0.2, 0) is 12.8 Å². The summed E-state index contributed by atoms with van der Waals surface area (Å²) in [4.78, 5) is 13.9. The number of nitrogens with one attached hydrogen (secondary N) is 1. The molecule has 0 bridgehead atoms. The summed E-state index contributed by atoms with van der Waals surface area (Å²) in [6.45, 7) is 2.22. The zero-order valence-corrected chi connectivity index (χ0v) is 15.3. The van der Waals surface area contributed by atoms with Crippen LogP contribution in [0.3, 0.4) is 0 Å². The van der Waals surface area contributed by atoms with Gasteiger partial charge in [-0.3, -0.25) is 4.79 Å². The van der Waals surface area contributed by atoms with Crippen LogP contribution < -0.4 is 14.8 Å². The Kier molecular flexibility index (Phi) is 4.95. The minimum atomic E-state index is -0.289. The highest BCUT2D eigenvalue weighted by atomic mass is 32.1. The number of hydrogen-bond acceptors (Lipinski definition) is 5. The Balaban J connectivity index is 1.91. The highest BCUT2D eigenvalue weighted by Gasteiger charge is 2.25. The molecule has 0 fully saturated rings. The number of fused-ring (bicyclic) bond motifs is 1. The Morgan fingerprint density at radius 2 is 2.16 bits per heavy atom. The molecule has 0 unspecified atom stereocenters. The molecule has 6 heteroatoms. The van der Waals surface area contributed by atoms with Crippen molar-refractivity contribution in [1.29, 1.82) is 5.26 Å². The number of nitrogens with zero attached hydrogens (tertiary/aromatic N) is 1. The van der Waals surface area contributed by atoms with E-state index in [4.69, 9.17) is 9.47 Å². The van der Waals surface area contributed by atoms with Crippen LogP contribution in [0.5, 0.6) is 11.5 Å². The minimum absolute atomic E-state index is 0.289. The van der Waals surface area contributed by atoms with Gasteiger partial charge < -0.3 is 14.8 Å². The molecule has 1 atom stereocenters. The van der Waals surface area contributed by atoms with Gasteiger partial charge in [0.2, 0.25) is 0 Å². The number of carbonyl (C=O) groups excluding carboxylic acids is 1. The Morgan fingerprint density at radius 1 is 1.36 bits per heavy atom. The first-order valence-electron chi connectivity index (χ1n) is 8.15. The van der Waals surface area contributed by atoms with E-state index in [-0.39, 0.29) is 5.91 Å². The van der Waals surface area contributed by atoms with Crippen molar-refractivity contribution in [3.05, 3.63) is 39.8 Å². The van der Waals surface area contributed by atoms with Crippen molar-refractivity contribution in [3.63, 3.8) is 0 Å². The molecular weight excluding hydrogens is 336 g/mol. The van der Waals surface area contributed by atoms with Gasteiger partial charge >= 0.3 is 0 Å². The van der Waals surface area contributed by atoms with Crippen LogP contribution >= 0.6 is 11.3 Å². The quantitative estimate of drug-likeness (QED) is 0.898. The SMILES string of the molecule is COc1ccc(C(=O)Nc2sc3c(c2C#N)CC[C@H](C)C3)c(OC)c1. The molecule has 3 rings (SSSR count). The van der Waals surface area contributed by atoms with Crippen LogP contribution in [0.15, 0.2) is 18.2 Å². The van der Waals surface area contributed by atoms with Gasteiger partial charge in [0, 0.05) is 10.9 Å². The zero-order valence-electron chi connectivity index (χ0n) is 14.5. The molecule has 0 saturated heterocycles. The van der Waals surface area contributed by atoms with Crippen LogP contribution in [0.2, 0.25) is 0 Å². The molecule has 2 aromatic rings. The molecule has 0 radical (unpaired) electrons. The van der Waals surface area contributed by atoms with Gasteiger partial charge in [0.15, 0.2) is 0 Å². The summed E-state index contributed by atoms with van der Waals surface area (Å²) in [6.07, 6.45) is 2.95. The summed E-state index contributed by atoms with van der Waals surface area (Å²) < 4.78 is 10.5. The Morgan fingerprint density at radius 3 is 2.84 bits per heavy atom. The molecule has 1 N–H and O–H groups in total. The molecule has 1 aliphatic carbocycles. The fourth-order valence-electron chi connectivity index (χ4n) is 3.11. The molecule has 25 heavy (non-hydrogen) atoms. The number of nitriles is 1. The fraction of sp³-hybridized carbons (Fsp3) is 0.368. The second-order valence-electron chi connectivity index (χ2n) is 6.19. The standard InChI is InChI=1S/C19H20N2O3S/c1-11-4-6-13-15(10-20)19(25-17(13)8-11)21-18(22)14-7-5-12(23-2)9-16(14)24-3/h5,7,9,11H,4,6,8H2,1-3H3,(H,21,22)/t11-/m0/s1. The Labute approximate surface area is 151 Å². The van der Waals surface area contributed by atoms with E-state index in [1.807, 2.05) is 0 Å². The number of thiophene rings is 1. The second-order valence-corrected chi connectivity index (χ2v) is 7.29. The lowest BCUT2D eigenvalue weighted by Gasteiger charge is -2.17. The van der Waals surface area contributed by atoms with Crippen molar-refractivity contribution < 1.29 is 14.3 Å². The third kappa shape index (κ3) is 3.33. The maximum absolute atomic E-state index is 12.7. The molecule has 0 aliphatic heterocycles. The van der Waals surface area contributed by atoms with Gasteiger partial charge in [0.05, 0.1) is 25.3 Å². The van der Waals surface area contributed by atoms with Gasteiger partial charge in [-0.1, -0.05) is 6.92 Å². The average Bonchev–Trinajstić information content (AvgIpc) is 2.96. The summed E-state index contributed by atoms with van der Waals surface area (Å²) in [5.74, 6) is 1.38. The third-order valence-electron chi connectivity index (χ3n) is 4.50. The largest absolute Gasteiger partial charge is 0.497 e. The van der Waals surface area contributed by atoms with E-state index in [1.165, 1.54) is 23.3 Å². The summed E-state index contributed by atoms with van der Waals surface area (Å²) in [7, 11) is 3.07. The lowest BCUT2D eigenvalue weighted by Crippen LogP contribution is -2.13. The molecule has 1 heterocycles. The maximum Gasteiger partial charge on any atom is 0.260 e. The van der Waals surface area contributed by atoms with Crippen molar-refractivity contribution in [2.75, 3.05) is 19.5 Å². The van der Waals surface area contributed by atoms with Gasteiger partial charge in [0.25, 0.3) is 5.91 Å². The van der Waals surface area contributed by atoms with E-state index in [1.54, 1.807) is 25.3 Å². The maximum atomic E-state index is 12.7. The van der Waals surface area contributed by atoms with Crippen LogP contribution in [0.4, 0.5) is 5.00 Å². The molecule has 1 amide bonds. The van der Waals surface area contributed by atoms with E-state index in [2.05, 4.69) is 18.3 Å². The predicted octanol–water partition coefficient (Wildman–Crippen LogP) is 4.01. The molecule has 130 valence electrons. The van der Waals surface area contributed by atoms with Crippen LogP contribution in [-0.4, -0.2) is 20.1 Å². The molecule has 1 aromatic carbocycles. The summed E-state index contributed by atoms with van der Waals surface area (Å²) >= 11 is 1.51. The second kappa shape index (κ2) is 7.16. The van der Waals surface area contributed by atoms with Crippen LogP contribution in [0.25, 0.3) is 0 Å². The summed E-state index contributed by atoms with van der Waals surface area (Å²) in [6, 6.07) is 7.31. The van der Waals surface area contributed by atoms with Gasteiger partial charge in [-0.25, -0.2) is 0 Å². The van der Waals surface area contributed by atoms with Crippen LogP contribution in [0.1, 0.15) is 39.7 Å². The van der Waals surface area contributed by atoms with Crippen molar-refractivity contribution in [2.45, 2.75) is 26.2 Å². The molecular formula is C19H20N2O3S. The molecule has 5 nitrogen and oxygen atoms in total. The van der Waals surface area contributed by atoms with Gasteiger partial charge in [-0.15, -0.1) is 11.3 Å². The number of hydrogen-bond donors (Lipinski definition) is 1. The number of rotatable bonds is 4. The number of carbonyl (C=O) groups is 1. The number of methoxy groups -OCH3 is 2. The number of anilines is 1. The normalized spacial score (nSPS) is 15.8. The van der Waals surface area contributed by atoms with Crippen molar-refractivity contribution in [2.24, 2.45) is 5.92 Å². The van der Waals surface area contributed by atoms with E-state index >= 15 is 0 Å². The predicted molar refractivity (Wildman–Crippen MR) is 97.7 cm³/mol. The highest BCUT2D eigenvalue weighted by Crippen LogP contribution is 2.39. The van der Waals surface area contributed by atoms with Gasteiger partial charge in [-0.05, 0) is 42.9 Å². The molecule has 0 saturated carbocycles. The molecule has 1 aromatic heterocycles. The van der Waals surface area contributed by atoms with Gasteiger partial charge in [-0.2, -0.15) is 5.26 Å². The monoisotopic (exact) mass is 356 g/mol. The first-order valence-corrected chi connectivity index (χ1v) is 8.97. The Hall–Kier alpha value is -2.52.